The third kappa shape index (κ3) is 3.08. The summed E-state index contributed by atoms with van der Waals surface area (Å²) in [5.74, 6) is 0.252. The standard InChI is InChI=1S/C14H17NO4S/c1-3-8-15-20(17,18)13-9-11(6-7-12(13)19-2)14(16)10-4-5-10/h3,6-7,9-10,15H,1,4-5,8H2,2H3. The van der Waals surface area contributed by atoms with Crippen LogP contribution in [-0.4, -0.2) is 27.9 Å². The number of rotatable bonds is 7. The van der Waals surface area contributed by atoms with E-state index >= 15 is 0 Å². The smallest absolute Gasteiger partial charge is 0.244 e. The van der Waals surface area contributed by atoms with Gasteiger partial charge in [0.2, 0.25) is 10.0 Å². The summed E-state index contributed by atoms with van der Waals surface area (Å²) in [7, 11) is -2.33. The van der Waals surface area contributed by atoms with Gasteiger partial charge in [-0.05, 0) is 31.0 Å². The Bertz CT molecular complexity index is 633. The average Bonchev–Trinajstić information content (AvgIpc) is 3.28. The Hall–Kier alpha value is -1.66. The summed E-state index contributed by atoms with van der Waals surface area (Å²) in [6.45, 7) is 3.58. The zero-order chi connectivity index (χ0) is 14.8. The first-order valence-corrected chi connectivity index (χ1v) is 7.80. The molecule has 0 unspecified atom stereocenters. The van der Waals surface area contributed by atoms with Crippen LogP contribution in [0.15, 0.2) is 35.7 Å². The molecule has 1 saturated carbocycles. The van der Waals surface area contributed by atoms with Gasteiger partial charge in [-0.15, -0.1) is 6.58 Å². The van der Waals surface area contributed by atoms with Gasteiger partial charge in [-0.3, -0.25) is 4.79 Å². The van der Waals surface area contributed by atoms with E-state index in [1.54, 1.807) is 6.07 Å². The van der Waals surface area contributed by atoms with Crippen LogP contribution in [0, 0.1) is 5.92 Å². The van der Waals surface area contributed by atoms with Crippen molar-refractivity contribution in [3.63, 3.8) is 0 Å². The molecule has 0 heterocycles. The predicted molar refractivity (Wildman–Crippen MR) is 75.4 cm³/mol. The molecule has 0 spiro atoms. The normalized spacial score (nSPS) is 14.8. The van der Waals surface area contributed by atoms with E-state index in [4.69, 9.17) is 4.74 Å². The summed E-state index contributed by atoms with van der Waals surface area (Å²) in [5.41, 5.74) is 0.410. The molecule has 0 bridgehead atoms. The lowest BCUT2D eigenvalue weighted by Crippen LogP contribution is -2.24. The van der Waals surface area contributed by atoms with Crippen LogP contribution in [0.3, 0.4) is 0 Å². The third-order valence-electron chi connectivity index (χ3n) is 3.10. The first kappa shape index (κ1) is 14.7. The molecule has 1 aromatic rings. The molecule has 20 heavy (non-hydrogen) atoms. The number of ether oxygens (including phenoxy) is 1. The van der Waals surface area contributed by atoms with Crippen LogP contribution in [0.25, 0.3) is 0 Å². The minimum atomic E-state index is -3.72. The molecule has 0 amide bonds. The molecule has 1 aromatic carbocycles. The maximum atomic E-state index is 12.2. The van der Waals surface area contributed by atoms with Crippen LogP contribution in [-0.2, 0) is 10.0 Å². The molecule has 5 nitrogen and oxygen atoms in total. The van der Waals surface area contributed by atoms with Gasteiger partial charge >= 0.3 is 0 Å². The Kier molecular flexibility index (Phi) is 4.25. The van der Waals surface area contributed by atoms with Gasteiger partial charge in [-0.25, -0.2) is 13.1 Å². The molecule has 0 atom stereocenters. The maximum Gasteiger partial charge on any atom is 0.244 e. The highest BCUT2D eigenvalue weighted by molar-refractivity contribution is 7.89. The number of hydrogen-bond acceptors (Lipinski definition) is 4. The van der Waals surface area contributed by atoms with E-state index in [9.17, 15) is 13.2 Å². The highest BCUT2D eigenvalue weighted by Crippen LogP contribution is 2.34. The van der Waals surface area contributed by atoms with E-state index in [1.807, 2.05) is 0 Å². The van der Waals surface area contributed by atoms with Crippen LogP contribution in [0.2, 0.25) is 0 Å². The van der Waals surface area contributed by atoms with Gasteiger partial charge in [0.1, 0.15) is 10.6 Å². The van der Waals surface area contributed by atoms with E-state index in [0.29, 0.717) is 5.56 Å². The third-order valence-corrected chi connectivity index (χ3v) is 4.55. The first-order valence-electron chi connectivity index (χ1n) is 6.32. The molecule has 0 aliphatic heterocycles. The maximum absolute atomic E-state index is 12.2. The molecule has 1 N–H and O–H groups in total. The van der Waals surface area contributed by atoms with Crippen molar-refractivity contribution in [2.75, 3.05) is 13.7 Å². The molecule has 0 radical (unpaired) electrons. The lowest BCUT2D eigenvalue weighted by Gasteiger charge is -2.11. The SMILES string of the molecule is C=CCNS(=O)(=O)c1cc(C(=O)C2CC2)ccc1OC. The summed E-state index contributed by atoms with van der Waals surface area (Å²) in [5, 5.41) is 0. The van der Waals surface area contributed by atoms with Crippen LogP contribution in [0.5, 0.6) is 5.75 Å². The van der Waals surface area contributed by atoms with Crippen molar-refractivity contribution < 1.29 is 17.9 Å². The number of carbonyl (C=O) groups is 1. The van der Waals surface area contributed by atoms with Gasteiger partial charge in [-0.2, -0.15) is 0 Å². The Morgan fingerprint density at radius 1 is 1.50 bits per heavy atom. The Morgan fingerprint density at radius 2 is 2.20 bits per heavy atom. The Morgan fingerprint density at radius 3 is 2.75 bits per heavy atom. The second kappa shape index (κ2) is 5.76. The number of sulfonamides is 1. The molecule has 1 aliphatic carbocycles. The monoisotopic (exact) mass is 295 g/mol. The van der Waals surface area contributed by atoms with Crippen molar-refractivity contribution in [1.82, 2.24) is 4.72 Å². The van der Waals surface area contributed by atoms with Crippen molar-refractivity contribution in [2.45, 2.75) is 17.7 Å². The fourth-order valence-electron chi connectivity index (χ4n) is 1.87. The van der Waals surface area contributed by atoms with E-state index < -0.39 is 10.0 Å². The Labute approximate surface area is 118 Å². The number of hydrogen-bond donors (Lipinski definition) is 1. The molecule has 6 heteroatoms. The van der Waals surface area contributed by atoms with E-state index in [0.717, 1.165) is 12.8 Å². The predicted octanol–water partition coefficient (Wildman–Crippen LogP) is 1.75. The fraction of sp³-hybridized carbons (Fsp3) is 0.357. The second-order valence-electron chi connectivity index (χ2n) is 4.64. The zero-order valence-electron chi connectivity index (χ0n) is 11.3. The number of nitrogens with one attached hydrogen (secondary N) is 1. The molecule has 0 saturated heterocycles. The molecular weight excluding hydrogens is 278 g/mol. The molecule has 108 valence electrons. The zero-order valence-corrected chi connectivity index (χ0v) is 12.1. The van der Waals surface area contributed by atoms with Crippen LogP contribution >= 0.6 is 0 Å². The molecular formula is C14H17NO4S. The van der Waals surface area contributed by atoms with Crippen LogP contribution in [0.4, 0.5) is 0 Å². The largest absolute Gasteiger partial charge is 0.495 e. The summed E-state index contributed by atoms with van der Waals surface area (Å²) in [6.07, 6.45) is 3.20. The van der Waals surface area contributed by atoms with Crippen LogP contribution < -0.4 is 9.46 Å². The van der Waals surface area contributed by atoms with Crippen molar-refractivity contribution in [1.29, 1.82) is 0 Å². The number of ketones is 1. The lowest BCUT2D eigenvalue weighted by atomic mass is 10.1. The van der Waals surface area contributed by atoms with E-state index in [1.165, 1.54) is 25.3 Å². The number of Topliss-reactive ketones (excluding diaryl/α,β-unsaturated/α-hetero) is 1. The van der Waals surface area contributed by atoms with Gasteiger partial charge < -0.3 is 4.74 Å². The summed E-state index contributed by atoms with van der Waals surface area (Å²) >= 11 is 0. The number of carbonyl (C=O) groups excluding carboxylic acids is 1. The van der Waals surface area contributed by atoms with E-state index in [-0.39, 0.29) is 28.9 Å². The van der Waals surface area contributed by atoms with Crippen molar-refractivity contribution in [2.24, 2.45) is 5.92 Å². The Balaban J connectivity index is 2.40. The highest BCUT2D eigenvalue weighted by Gasteiger charge is 2.31. The van der Waals surface area contributed by atoms with Crippen molar-refractivity contribution in [3.8, 4) is 5.75 Å². The molecule has 2 rings (SSSR count). The van der Waals surface area contributed by atoms with Crippen molar-refractivity contribution in [3.05, 3.63) is 36.4 Å². The summed E-state index contributed by atoms with van der Waals surface area (Å²) < 4.78 is 31.8. The van der Waals surface area contributed by atoms with Gasteiger partial charge in [0.05, 0.1) is 7.11 Å². The minimum absolute atomic E-state index is 0.00664. The van der Waals surface area contributed by atoms with Gasteiger partial charge in [0, 0.05) is 18.0 Å². The van der Waals surface area contributed by atoms with Crippen molar-refractivity contribution >= 4 is 15.8 Å². The lowest BCUT2D eigenvalue weighted by molar-refractivity contribution is 0.0967. The fourth-order valence-corrected chi connectivity index (χ4v) is 3.06. The topological polar surface area (TPSA) is 72.5 Å². The first-order chi connectivity index (χ1) is 9.49. The van der Waals surface area contributed by atoms with Gasteiger partial charge in [0.15, 0.2) is 5.78 Å². The number of benzene rings is 1. The number of methoxy groups -OCH3 is 1. The van der Waals surface area contributed by atoms with E-state index in [2.05, 4.69) is 11.3 Å². The molecule has 0 aromatic heterocycles. The highest BCUT2D eigenvalue weighted by atomic mass is 32.2. The minimum Gasteiger partial charge on any atom is -0.495 e. The molecule has 1 aliphatic rings. The second-order valence-corrected chi connectivity index (χ2v) is 6.38. The van der Waals surface area contributed by atoms with Gasteiger partial charge in [0.25, 0.3) is 0 Å². The summed E-state index contributed by atoms with van der Waals surface area (Å²) in [6, 6.07) is 4.50. The quantitative estimate of drug-likeness (QED) is 0.614. The summed E-state index contributed by atoms with van der Waals surface area (Å²) in [4.78, 5) is 12.0. The average molecular weight is 295 g/mol. The molecule has 1 fully saturated rings. The van der Waals surface area contributed by atoms with Crippen LogP contribution in [0.1, 0.15) is 23.2 Å². The van der Waals surface area contributed by atoms with Gasteiger partial charge in [-0.1, -0.05) is 6.08 Å².